The van der Waals surface area contributed by atoms with Gasteiger partial charge in [-0.15, -0.1) is 0 Å². The minimum atomic E-state index is -0.183. The zero-order valence-electron chi connectivity index (χ0n) is 15.3. The van der Waals surface area contributed by atoms with Crippen molar-refractivity contribution in [2.75, 3.05) is 18.4 Å². The second-order valence-electron chi connectivity index (χ2n) is 6.93. The van der Waals surface area contributed by atoms with Crippen LogP contribution in [0.15, 0.2) is 54.6 Å². The quantitative estimate of drug-likeness (QED) is 0.818. The fourth-order valence-electron chi connectivity index (χ4n) is 3.22. The molecule has 0 radical (unpaired) electrons. The van der Waals surface area contributed by atoms with Gasteiger partial charge in [-0.25, -0.2) is 4.79 Å². The Kier molecular flexibility index (Phi) is 6.35. The fraction of sp³-hybridized carbons (Fsp3) is 0.333. The van der Waals surface area contributed by atoms with Gasteiger partial charge in [-0.2, -0.15) is 0 Å². The molecule has 0 saturated carbocycles. The number of benzene rings is 2. The zero-order valence-corrected chi connectivity index (χ0v) is 16.1. The normalized spacial score (nSPS) is 17.4. The van der Waals surface area contributed by atoms with Gasteiger partial charge in [0.1, 0.15) is 0 Å². The highest BCUT2D eigenvalue weighted by atomic mass is 35.5. The van der Waals surface area contributed by atoms with Gasteiger partial charge in [0.2, 0.25) is 5.91 Å². The van der Waals surface area contributed by atoms with E-state index in [1.165, 1.54) is 0 Å². The fourth-order valence-corrected chi connectivity index (χ4v) is 3.43. The highest BCUT2D eigenvalue weighted by Crippen LogP contribution is 2.19. The van der Waals surface area contributed by atoms with Crippen LogP contribution in [0.5, 0.6) is 0 Å². The Bertz CT molecular complexity index is 797. The lowest BCUT2D eigenvalue weighted by Crippen LogP contribution is -2.42. The third-order valence-electron chi connectivity index (χ3n) is 4.78. The maximum Gasteiger partial charge on any atom is 0.321 e. The number of carbonyl (C=O) groups is 2. The Morgan fingerprint density at radius 1 is 1.15 bits per heavy atom. The lowest BCUT2D eigenvalue weighted by molar-refractivity contribution is -0.125. The summed E-state index contributed by atoms with van der Waals surface area (Å²) in [6.45, 7) is 3.04. The van der Waals surface area contributed by atoms with E-state index < -0.39 is 0 Å². The molecule has 2 aromatic rings. The highest BCUT2D eigenvalue weighted by Gasteiger charge is 2.28. The standard InChI is InChI=1S/C21H24ClN3O2/c1-15(13-16-7-5-6-10-19(16)22)20(26)23-18-11-12-25(14-18)21(27)24-17-8-3-2-4-9-17/h2-10,15,18H,11-14H2,1H3,(H,23,26)(H,24,27)/t15-,18-/m1/s1. The van der Waals surface area contributed by atoms with E-state index in [1.807, 2.05) is 61.5 Å². The van der Waals surface area contributed by atoms with Gasteiger partial charge < -0.3 is 15.5 Å². The molecule has 3 rings (SSSR count). The second-order valence-corrected chi connectivity index (χ2v) is 7.34. The number of carbonyl (C=O) groups excluding carboxylic acids is 2. The number of anilines is 1. The summed E-state index contributed by atoms with van der Waals surface area (Å²) in [5.74, 6) is -0.192. The molecule has 1 aliphatic rings. The molecular weight excluding hydrogens is 362 g/mol. The van der Waals surface area contributed by atoms with Crippen molar-refractivity contribution in [1.82, 2.24) is 10.2 Å². The molecule has 6 heteroatoms. The molecule has 1 fully saturated rings. The Hall–Kier alpha value is -2.53. The molecule has 1 saturated heterocycles. The van der Waals surface area contributed by atoms with Crippen molar-refractivity contribution in [3.63, 3.8) is 0 Å². The van der Waals surface area contributed by atoms with Crippen LogP contribution >= 0.6 is 11.6 Å². The average Bonchev–Trinajstić information content (AvgIpc) is 3.13. The summed E-state index contributed by atoms with van der Waals surface area (Å²) in [7, 11) is 0. The Morgan fingerprint density at radius 2 is 1.85 bits per heavy atom. The van der Waals surface area contributed by atoms with Crippen LogP contribution in [0.2, 0.25) is 5.02 Å². The van der Waals surface area contributed by atoms with Gasteiger partial charge in [0, 0.05) is 35.8 Å². The summed E-state index contributed by atoms with van der Waals surface area (Å²) < 4.78 is 0. The zero-order chi connectivity index (χ0) is 19.2. The van der Waals surface area contributed by atoms with E-state index in [0.29, 0.717) is 24.5 Å². The van der Waals surface area contributed by atoms with E-state index in [-0.39, 0.29) is 23.9 Å². The monoisotopic (exact) mass is 385 g/mol. The average molecular weight is 386 g/mol. The predicted octanol–water partition coefficient (Wildman–Crippen LogP) is 3.94. The number of rotatable bonds is 5. The van der Waals surface area contributed by atoms with Crippen LogP contribution in [0, 0.1) is 5.92 Å². The van der Waals surface area contributed by atoms with Gasteiger partial charge in [-0.1, -0.05) is 54.9 Å². The Balaban J connectivity index is 1.48. The molecular formula is C21H24ClN3O2. The minimum Gasteiger partial charge on any atom is -0.351 e. The van der Waals surface area contributed by atoms with Gasteiger partial charge in [0.15, 0.2) is 0 Å². The molecule has 142 valence electrons. The van der Waals surface area contributed by atoms with E-state index in [1.54, 1.807) is 4.90 Å². The molecule has 1 aliphatic heterocycles. The minimum absolute atomic E-state index is 0.00904. The molecule has 0 spiro atoms. The first-order valence-electron chi connectivity index (χ1n) is 9.17. The molecule has 0 aliphatic carbocycles. The smallest absolute Gasteiger partial charge is 0.321 e. The van der Waals surface area contributed by atoms with Crippen LogP contribution in [-0.4, -0.2) is 36.0 Å². The van der Waals surface area contributed by atoms with Crippen LogP contribution in [0.25, 0.3) is 0 Å². The maximum atomic E-state index is 12.5. The van der Waals surface area contributed by atoms with Crippen LogP contribution in [0.3, 0.4) is 0 Å². The van der Waals surface area contributed by atoms with Crippen LogP contribution in [0.4, 0.5) is 10.5 Å². The van der Waals surface area contributed by atoms with Crippen molar-refractivity contribution in [2.45, 2.75) is 25.8 Å². The summed E-state index contributed by atoms with van der Waals surface area (Å²) in [5.41, 5.74) is 1.74. The van der Waals surface area contributed by atoms with E-state index in [4.69, 9.17) is 11.6 Å². The van der Waals surface area contributed by atoms with Gasteiger partial charge >= 0.3 is 6.03 Å². The molecule has 27 heavy (non-hydrogen) atoms. The molecule has 5 nitrogen and oxygen atoms in total. The Morgan fingerprint density at radius 3 is 2.59 bits per heavy atom. The molecule has 1 heterocycles. The van der Waals surface area contributed by atoms with Gasteiger partial charge in [-0.05, 0) is 36.6 Å². The molecule has 2 N–H and O–H groups in total. The molecule has 2 atom stereocenters. The van der Waals surface area contributed by atoms with Crippen molar-refractivity contribution in [2.24, 2.45) is 5.92 Å². The topological polar surface area (TPSA) is 61.4 Å². The van der Waals surface area contributed by atoms with E-state index in [0.717, 1.165) is 17.7 Å². The SMILES string of the molecule is C[C@H](Cc1ccccc1Cl)C(=O)N[C@@H]1CCN(C(=O)Nc2ccccc2)C1. The molecule has 0 unspecified atom stereocenters. The lowest BCUT2D eigenvalue weighted by atomic mass is 10.00. The lowest BCUT2D eigenvalue weighted by Gasteiger charge is -2.19. The van der Waals surface area contributed by atoms with Crippen molar-refractivity contribution in [1.29, 1.82) is 0 Å². The number of nitrogens with one attached hydrogen (secondary N) is 2. The second kappa shape index (κ2) is 8.91. The number of nitrogens with zero attached hydrogens (tertiary/aromatic N) is 1. The van der Waals surface area contributed by atoms with Gasteiger partial charge in [-0.3, -0.25) is 4.79 Å². The summed E-state index contributed by atoms with van der Waals surface area (Å²) in [5, 5.41) is 6.62. The Labute approximate surface area is 164 Å². The van der Waals surface area contributed by atoms with Crippen molar-refractivity contribution in [3.8, 4) is 0 Å². The van der Waals surface area contributed by atoms with Gasteiger partial charge in [0.05, 0.1) is 0 Å². The molecule has 3 amide bonds. The predicted molar refractivity (Wildman–Crippen MR) is 108 cm³/mol. The van der Waals surface area contributed by atoms with E-state index in [2.05, 4.69) is 10.6 Å². The van der Waals surface area contributed by atoms with Gasteiger partial charge in [0.25, 0.3) is 0 Å². The summed E-state index contributed by atoms with van der Waals surface area (Å²) in [4.78, 5) is 26.6. The summed E-state index contributed by atoms with van der Waals surface area (Å²) in [6, 6.07) is 16.8. The first kappa shape index (κ1) is 19.2. The first-order valence-corrected chi connectivity index (χ1v) is 9.55. The van der Waals surface area contributed by atoms with Crippen LogP contribution in [-0.2, 0) is 11.2 Å². The maximum absolute atomic E-state index is 12.5. The van der Waals surface area contributed by atoms with Crippen molar-refractivity contribution in [3.05, 3.63) is 65.2 Å². The largest absolute Gasteiger partial charge is 0.351 e. The number of likely N-dealkylation sites (tertiary alicyclic amines) is 1. The third-order valence-corrected chi connectivity index (χ3v) is 5.15. The number of halogens is 1. The number of hydrogen-bond donors (Lipinski definition) is 2. The number of urea groups is 1. The summed E-state index contributed by atoms with van der Waals surface area (Å²) >= 11 is 6.18. The van der Waals surface area contributed by atoms with Crippen LogP contribution < -0.4 is 10.6 Å². The molecule has 0 aromatic heterocycles. The van der Waals surface area contributed by atoms with Crippen LogP contribution in [0.1, 0.15) is 18.9 Å². The number of amides is 3. The summed E-state index contributed by atoms with van der Waals surface area (Å²) in [6.07, 6.45) is 1.35. The first-order chi connectivity index (χ1) is 13.0. The molecule has 0 bridgehead atoms. The van der Waals surface area contributed by atoms with Crippen molar-refractivity contribution >= 4 is 29.2 Å². The highest BCUT2D eigenvalue weighted by molar-refractivity contribution is 6.31. The molecule has 2 aromatic carbocycles. The third kappa shape index (κ3) is 5.23. The number of hydrogen-bond acceptors (Lipinski definition) is 2. The van der Waals surface area contributed by atoms with Crippen molar-refractivity contribution < 1.29 is 9.59 Å². The van der Waals surface area contributed by atoms with E-state index in [9.17, 15) is 9.59 Å². The van der Waals surface area contributed by atoms with E-state index >= 15 is 0 Å². The number of para-hydroxylation sites is 1.